The van der Waals surface area contributed by atoms with Gasteiger partial charge in [-0.25, -0.2) is 0 Å². The average molecular weight is 338 g/mol. The van der Waals surface area contributed by atoms with Crippen LogP contribution in [-0.2, 0) is 6.54 Å². The van der Waals surface area contributed by atoms with Crippen LogP contribution in [0.15, 0.2) is 51.9 Å². The van der Waals surface area contributed by atoms with E-state index in [1.165, 1.54) is 11.3 Å². The predicted molar refractivity (Wildman–Crippen MR) is 94.6 cm³/mol. The molecule has 0 saturated carbocycles. The molecule has 0 radical (unpaired) electrons. The molecule has 0 bridgehead atoms. The summed E-state index contributed by atoms with van der Waals surface area (Å²) in [5.74, 6) is 0.469. The lowest BCUT2D eigenvalue weighted by molar-refractivity contribution is 0.0952. The van der Waals surface area contributed by atoms with Crippen molar-refractivity contribution in [2.24, 2.45) is 0 Å². The van der Waals surface area contributed by atoms with Crippen molar-refractivity contribution in [3.8, 4) is 0 Å². The highest BCUT2D eigenvalue weighted by Gasteiger charge is 2.15. The Morgan fingerprint density at radius 2 is 2.12 bits per heavy atom. The van der Waals surface area contributed by atoms with Crippen molar-refractivity contribution in [1.29, 1.82) is 0 Å². The lowest BCUT2D eigenvalue weighted by Crippen LogP contribution is -2.21. The van der Waals surface area contributed by atoms with Gasteiger partial charge in [-0.3, -0.25) is 9.59 Å². The second-order valence-electron chi connectivity index (χ2n) is 5.62. The Kier molecular flexibility index (Phi) is 3.46. The van der Waals surface area contributed by atoms with Gasteiger partial charge in [-0.2, -0.15) is 0 Å². The largest absolute Gasteiger partial charge is 0.467 e. The third-order valence-electron chi connectivity index (χ3n) is 3.87. The molecule has 0 fully saturated rings. The van der Waals surface area contributed by atoms with E-state index in [-0.39, 0.29) is 11.5 Å². The van der Waals surface area contributed by atoms with Crippen LogP contribution < -0.4 is 10.9 Å². The normalized spacial score (nSPS) is 11.2. The number of carbonyl (C=O) groups excluding carboxylic acids is 1. The maximum Gasteiger partial charge on any atom is 0.261 e. The Bertz CT molecular complexity index is 1110. The van der Waals surface area contributed by atoms with Crippen molar-refractivity contribution in [2.75, 3.05) is 0 Å². The van der Waals surface area contributed by atoms with E-state index in [0.717, 1.165) is 21.2 Å². The number of hydrogen-bond donors (Lipinski definition) is 2. The number of nitrogens with one attached hydrogen (secondary N) is 2. The van der Waals surface area contributed by atoms with Crippen molar-refractivity contribution in [1.82, 2.24) is 10.3 Å². The fourth-order valence-electron chi connectivity index (χ4n) is 2.68. The maximum atomic E-state index is 12.4. The summed E-state index contributed by atoms with van der Waals surface area (Å²) in [7, 11) is 0. The molecular weight excluding hydrogens is 324 g/mol. The second-order valence-corrected chi connectivity index (χ2v) is 6.67. The summed E-state index contributed by atoms with van der Waals surface area (Å²) in [4.78, 5) is 28.0. The van der Waals surface area contributed by atoms with Crippen LogP contribution in [-0.4, -0.2) is 10.9 Å². The van der Waals surface area contributed by atoms with Crippen molar-refractivity contribution in [3.05, 3.63) is 69.2 Å². The number of H-pyrrole nitrogens is 1. The molecule has 0 aliphatic carbocycles. The summed E-state index contributed by atoms with van der Waals surface area (Å²) in [5.41, 5.74) is 1.71. The first-order valence-corrected chi connectivity index (χ1v) is 8.30. The van der Waals surface area contributed by atoms with Crippen LogP contribution in [0.2, 0.25) is 0 Å². The fraction of sp³-hybridized carbons (Fsp3) is 0.111. The number of carbonyl (C=O) groups is 1. The highest BCUT2D eigenvalue weighted by molar-refractivity contribution is 7.21. The quantitative estimate of drug-likeness (QED) is 0.599. The van der Waals surface area contributed by atoms with Crippen molar-refractivity contribution in [3.63, 3.8) is 0 Å². The summed E-state index contributed by atoms with van der Waals surface area (Å²) >= 11 is 1.33. The van der Waals surface area contributed by atoms with Gasteiger partial charge in [0.05, 0.1) is 23.1 Å². The number of rotatable bonds is 3. The summed E-state index contributed by atoms with van der Waals surface area (Å²) in [6.45, 7) is 2.32. The van der Waals surface area contributed by atoms with Gasteiger partial charge in [0, 0.05) is 15.6 Å². The molecule has 24 heavy (non-hydrogen) atoms. The summed E-state index contributed by atoms with van der Waals surface area (Å²) in [5, 5.41) is 4.31. The number of fused-ring (bicyclic) bond motifs is 3. The predicted octanol–water partition coefficient (Wildman–Crippen LogP) is 3.57. The van der Waals surface area contributed by atoms with E-state index in [1.54, 1.807) is 24.5 Å². The number of benzene rings is 1. The molecule has 3 heterocycles. The molecule has 1 amide bonds. The smallest absolute Gasteiger partial charge is 0.261 e. The first kappa shape index (κ1) is 14.7. The number of furan rings is 1. The molecule has 0 unspecified atom stereocenters. The van der Waals surface area contributed by atoms with E-state index in [1.807, 2.05) is 25.1 Å². The Hall–Kier alpha value is -2.86. The number of hydrogen-bond acceptors (Lipinski definition) is 4. The van der Waals surface area contributed by atoms with Gasteiger partial charge in [0.25, 0.3) is 11.5 Å². The van der Waals surface area contributed by atoms with Gasteiger partial charge in [-0.1, -0.05) is 11.6 Å². The standard InChI is InChI=1S/C18H14N2O3S/c1-10-4-5-14-12(7-10)16-13(17(21)20-14)8-15(24-16)18(22)19-9-11-3-2-6-23-11/h2-8H,9H2,1H3,(H,19,22)(H,20,21). The lowest BCUT2D eigenvalue weighted by Gasteiger charge is -2.01. The zero-order valence-corrected chi connectivity index (χ0v) is 13.7. The van der Waals surface area contributed by atoms with Gasteiger partial charge in [0.15, 0.2) is 0 Å². The van der Waals surface area contributed by atoms with Gasteiger partial charge in [-0.05, 0) is 37.3 Å². The molecule has 0 atom stereocenters. The van der Waals surface area contributed by atoms with Crippen LogP contribution >= 0.6 is 11.3 Å². The number of aryl methyl sites for hydroxylation is 1. The van der Waals surface area contributed by atoms with E-state index < -0.39 is 0 Å². The number of aromatic nitrogens is 1. The SMILES string of the molecule is Cc1ccc2[nH]c(=O)c3cc(C(=O)NCc4ccco4)sc3c2c1. The van der Waals surface area contributed by atoms with Crippen LogP contribution in [0.4, 0.5) is 0 Å². The monoisotopic (exact) mass is 338 g/mol. The average Bonchev–Trinajstić information content (AvgIpc) is 3.23. The number of thiophene rings is 1. The highest BCUT2D eigenvalue weighted by Crippen LogP contribution is 2.30. The van der Waals surface area contributed by atoms with Crippen molar-refractivity contribution < 1.29 is 9.21 Å². The summed E-state index contributed by atoms with van der Waals surface area (Å²) in [6.07, 6.45) is 1.56. The molecule has 2 N–H and O–H groups in total. The molecule has 3 aromatic heterocycles. The van der Waals surface area contributed by atoms with Crippen LogP contribution in [0.3, 0.4) is 0 Å². The molecule has 0 aliphatic rings. The molecule has 0 spiro atoms. The summed E-state index contributed by atoms with van der Waals surface area (Å²) in [6, 6.07) is 11.1. The zero-order chi connectivity index (χ0) is 16.7. The Morgan fingerprint density at radius 1 is 1.25 bits per heavy atom. The maximum absolute atomic E-state index is 12.4. The molecular formula is C18H14N2O3S. The van der Waals surface area contributed by atoms with Gasteiger partial charge in [-0.15, -0.1) is 11.3 Å². The minimum Gasteiger partial charge on any atom is -0.467 e. The molecule has 6 heteroatoms. The highest BCUT2D eigenvalue weighted by atomic mass is 32.1. The van der Waals surface area contributed by atoms with Gasteiger partial charge >= 0.3 is 0 Å². The molecule has 0 saturated heterocycles. The van der Waals surface area contributed by atoms with E-state index in [0.29, 0.717) is 22.6 Å². The van der Waals surface area contributed by atoms with Gasteiger partial charge < -0.3 is 14.7 Å². The first-order chi connectivity index (χ1) is 11.6. The molecule has 0 aliphatic heterocycles. The number of pyridine rings is 1. The van der Waals surface area contributed by atoms with Gasteiger partial charge in [0.2, 0.25) is 0 Å². The van der Waals surface area contributed by atoms with E-state index in [2.05, 4.69) is 10.3 Å². The Balaban J connectivity index is 1.75. The van der Waals surface area contributed by atoms with Crippen LogP contribution in [0.25, 0.3) is 21.0 Å². The Labute approximate surface area is 140 Å². The fourth-order valence-corrected chi connectivity index (χ4v) is 3.79. The zero-order valence-electron chi connectivity index (χ0n) is 12.9. The molecule has 5 nitrogen and oxygen atoms in total. The van der Waals surface area contributed by atoms with Gasteiger partial charge in [0.1, 0.15) is 5.76 Å². The van der Waals surface area contributed by atoms with Crippen LogP contribution in [0.5, 0.6) is 0 Å². The van der Waals surface area contributed by atoms with E-state index >= 15 is 0 Å². The molecule has 1 aromatic carbocycles. The number of aromatic amines is 1. The van der Waals surface area contributed by atoms with Crippen LogP contribution in [0.1, 0.15) is 21.0 Å². The minimum absolute atomic E-state index is 0.178. The molecule has 4 aromatic rings. The minimum atomic E-state index is -0.215. The molecule has 4 rings (SSSR count). The Morgan fingerprint density at radius 3 is 2.92 bits per heavy atom. The van der Waals surface area contributed by atoms with E-state index in [4.69, 9.17) is 4.42 Å². The molecule has 120 valence electrons. The lowest BCUT2D eigenvalue weighted by atomic mass is 10.1. The third kappa shape index (κ3) is 2.51. The second kappa shape index (κ2) is 5.65. The summed E-state index contributed by atoms with van der Waals surface area (Å²) < 4.78 is 6.04. The third-order valence-corrected chi connectivity index (χ3v) is 5.04. The van der Waals surface area contributed by atoms with Crippen LogP contribution in [0, 0.1) is 6.92 Å². The first-order valence-electron chi connectivity index (χ1n) is 7.48. The number of amides is 1. The topological polar surface area (TPSA) is 75.1 Å². The van der Waals surface area contributed by atoms with Crippen molar-refractivity contribution in [2.45, 2.75) is 13.5 Å². The van der Waals surface area contributed by atoms with E-state index in [9.17, 15) is 9.59 Å². The van der Waals surface area contributed by atoms with Crippen molar-refractivity contribution >= 4 is 38.2 Å².